The van der Waals surface area contributed by atoms with Gasteiger partial charge in [0, 0.05) is 38.2 Å². The topological polar surface area (TPSA) is 23.6 Å². The highest BCUT2D eigenvalue weighted by molar-refractivity contribution is 5.96. The normalized spacial score (nSPS) is 17.2. The number of fused-ring (bicyclic) bond motifs is 1. The molecule has 5 rings (SSSR count). The second-order valence-corrected chi connectivity index (χ2v) is 11.6. The maximum absolute atomic E-state index is 13.1. The number of ketones is 1. The number of piperidine rings is 1. The molecule has 1 saturated heterocycles. The largest absolute Gasteiger partial charge is 0.299 e. The van der Waals surface area contributed by atoms with Gasteiger partial charge in [-0.15, -0.1) is 0 Å². The van der Waals surface area contributed by atoms with Crippen LogP contribution in [0.2, 0.25) is 0 Å². The molecule has 3 aromatic rings. The Kier molecular flexibility index (Phi) is 9.09. The molecule has 0 radical (unpaired) electrons. The Morgan fingerprint density at radius 1 is 0.737 bits per heavy atom. The lowest BCUT2D eigenvalue weighted by Gasteiger charge is -2.32. The fourth-order valence-electron chi connectivity index (χ4n) is 6.29. The molecule has 2 aliphatic rings. The van der Waals surface area contributed by atoms with Crippen molar-refractivity contribution in [3.05, 3.63) is 106 Å². The maximum atomic E-state index is 13.1. The van der Waals surface area contributed by atoms with Crippen LogP contribution in [0.5, 0.6) is 0 Å². The maximum Gasteiger partial charge on any atom is 0.162 e. The van der Waals surface area contributed by atoms with Crippen LogP contribution < -0.4 is 0 Å². The van der Waals surface area contributed by atoms with Crippen LogP contribution in [-0.2, 0) is 25.9 Å². The minimum Gasteiger partial charge on any atom is -0.299 e. The van der Waals surface area contributed by atoms with Crippen molar-refractivity contribution in [2.45, 2.75) is 71.9 Å². The van der Waals surface area contributed by atoms with Crippen molar-refractivity contribution in [2.24, 2.45) is 5.92 Å². The molecule has 1 fully saturated rings. The van der Waals surface area contributed by atoms with Gasteiger partial charge in [-0.3, -0.25) is 14.6 Å². The van der Waals surface area contributed by atoms with E-state index >= 15 is 0 Å². The van der Waals surface area contributed by atoms with E-state index in [1.807, 2.05) is 0 Å². The third-order valence-electron chi connectivity index (χ3n) is 8.96. The number of rotatable bonds is 9. The number of nitrogens with zero attached hydrogens (tertiary/aromatic N) is 2. The van der Waals surface area contributed by atoms with Gasteiger partial charge in [-0.25, -0.2) is 0 Å². The van der Waals surface area contributed by atoms with Crippen LogP contribution in [0.4, 0.5) is 0 Å². The number of carbonyl (C=O) groups excluding carboxylic acids is 1. The zero-order valence-corrected chi connectivity index (χ0v) is 23.4. The Morgan fingerprint density at radius 2 is 1.32 bits per heavy atom. The smallest absolute Gasteiger partial charge is 0.162 e. The lowest BCUT2D eigenvalue weighted by Crippen LogP contribution is -2.33. The molecule has 0 atom stereocenters. The second kappa shape index (κ2) is 12.9. The van der Waals surface area contributed by atoms with Gasteiger partial charge in [-0.2, -0.15) is 0 Å². The van der Waals surface area contributed by atoms with Gasteiger partial charge >= 0.3 is 0 Å². The van der Waals surface area contributed by atoms with Crippen LogP contribution in [-0.4, -0.2) is 41.8 Å². The van der Waals surface area contributed by atoms with Crippen LogP contribution in [0.25, 0.3) is 0 Å². The standard InChI is InChI=1S/C35H44N2O/c1-27-8-3-5-11-33(27)25-36-20-16-29(17-21-36)10-7-13-35(38)32-15-14-30-18-22-37(23-19-31(30)24-32)26-34-12-6-4-9-28(34)2/h3-6,8-9,11-12,14-15,24,29H,7,10,13,16-23,25-26H2,1-2H3. The third kappa shape index (κ3) is 7.01. The Balaban J connectivity index is 1.06. The van der Waals surface area contributed by atoms with Gasteiger partial charge in [0.15, 0.2) is 5.78 Å². The van der Waals surface area contributed by atoms with E-state index in [0.29, 0.717) is 12.2 Å². The number of likely N-dealkylation sites (tertiary alicyclic amines) is 1. The molecule has 0 bridgehead atoms. The third-order valence-corrected chi connectivity index (χ3v) is 8.96. The summed E-state index contributed by atoms with van der Waals surface area (Å²) in [6, 6.07) is 24.0. The van der Waals surface area contributed by atoms with Crippen LogP contribution in [0.15, 0.2) is 66.7 Å². The molecular formula is C35H44N2O. The zero-order chi connectivity index (χ0) is 26.3. The number of benzene rings is 3. The molecule has 0 N–H and O–H groups in total. The summed E-state index contributed by atoms with van der Waals surface area (Å²) in [7, 11) is 0. The number of aryl methyl sites for hydroxylation is 2. The summed E-state index contributed by atoms with van der Waals surface area (Å²) in [5.74, 6) is 1.09. The van der Waals surface area contributed by atoms with E-state index in [4.69, 9.17) is 0 Å². The SMILES string of the molecule is Cc1ccccc1CN1CCc2ccc(C(=O)CCCC3CCN(Cc4ccccc4C)CC3)cc2CC1. The average Bonchev–Trinajstić information content (AvgIpc) is 3.14. The van der Waals surface area contributed by atoms with Crippen molar-refractivity contribution in [1.82, 2.24) is 9.80 Å². The molecule has 0 amide bonds. The van der Waals surface area contributed by atoms with Crippen LogP contribution in [0.1, 0.15) is 75.8 Å². The van der Waals surface area contributed by atoms with Crippen molar-refractivity contribution in [1.29, 1.82) is 0 Å². The Hall–Kier alpha value is -2.75. The van der Waals surface area contributed by atoms with Crippen LogP contribution >= 0.6 is 0 Å². The van der Waals surface area contributed by atoms with Gasteiger partial charge in [0.1, 0.15) is 0 Å². The van der Waals surface area contributed by atoms with Crippen molar-refractivity contribution in [2.75, 3.05) is 26.2 Å². The van der Waals surface area contributed by atoms with Gasteiger partial charge in [-0.05, 0) is 111 Å². The lowest BCUT2D eigenvalue weighted by atomic mass is 9.90. The Bertz CT molecular complexity index is 1220. The first kappa shape index (κ1) is 26.8. The van der Waals surface area contributed by atoms with Crippen LogP contribution in [0.3, 0.4) is 0 Å². The monoisotopic (exact) mass is 508 g/mol. The Morgan fingerprint density at radius 3 is 1.95 bits per heavy atom. The summed E-state index contributed by atoms with van der Waals surface area (Å²) in [4.78, 5) is 18.2. The summed E-state index contributed by atoms with van der Waals surface area (Å²) < 4.78 is 0. The van der Waals surface area contributed by atoms with E-state index in [1.54, 1.807) is 0 Å². The highest BCUT2D eigenvalue weighted by Gasteiger charge is 2.21. The summed E-state index contributed by atoms with van der Waals surface area (Å²) in [5, 5.41) is 0. The van der Waals surface area contributed by atoms with Crippen molar-refractivity contribution in [3.63, 3.8) is 0 Å². The summed E-state index contributed by atoms with van der Waals surface area (Å²) in [6.07, 6.45) is 7.50. The minimum atomic E-state index is 0.325. The molecular weight excluding hydrogens is 464 g/mol. The minimum absolute atomic E-state index is 0.325. The number of hydrogen-bond acceptors (Lipinski definition) is 3. The quantitative estimate of drug-likeness (QED) is 0.286. The summed E-state index contributed by atoms with van der Waals surface area (Å²) in [6.45, 7) is 11.0. The van der Waals surface area contributed by atoms with E-state index < -0.39 is 0 Å². The lowest BCUT2D eigenvalue weighted by molar-refractivity contribution is 0.0974. The van der Waals surface area contributed by atoms with E-state index in [0.717, 1.165) is 56.9 Å². The first-order valence-electron chi connectivity index (χ1n) is 14.7. The van der Waals surface area contributed by atoms with E-state index in [2.05, 4.69) is 90.4 Å². The molecule has 3 nitrogen and oxygen atoms in total. The van der Waals surface area contributed by atoms with Crippen molar-refractivity contribution in [3.8, 4) is 0 Å². The fraction of sp³-hybridized carbons (Fsp3) is 0.457. The molecule has 3 aromatic carbocycles. The number of hydrogen-bond donors (Lipinski definition) is 0. The molecule has 0 spiro atoms. The van der Waals surface area contributed by atoms with Gasteiger partial charge < -0.3 is 0 Å². The molecule has 0 aliphatic carbocycles. The molecule has 0 unspecified atom stereocenters. The van der Waals surface area contributed by atoms with Gasteiger partial charge in [0.05, 0.1) is 0 Å². The zero-order valence-electron chi connectivity index (χ0n) is 23.4. The predicted molar refractivity (Wildman–Crippen MR) is 158 cm³/mol. The second-order valence-electron chi connectivity index (χ2n) is 11.6. The fourth-order valence-corrected chi connectivity index (χ4v) is 6.29. The average molecular weight is 509 g/mol. The van der Waals surface area contributed by atoms with Gasteiger partial charge in [0.2, 0.25) is 0 Å². The van der Waals surface area contributed by atoms with Crippen molar-refractivity contribution < 1.29 is 4.79 Å². The van der Waals surface area contributed by atoms with Gasteiger partial charge in [0.25, 0.3) is 0 Å². The molecule has 38 heavy (non-hydrogen) atoms. The number of Topliss-reactive ketones (excluding diaryl/α,β-unsaturated/α-hetero) is 1. The predicted octanol–water partition coefficient (Wildman–Crippen LogP) is 7.17. The van der Waals surface area contributed by atoms with E-state index in [1.165, 1.54) is 65.7 Å². The summed E-state index contributed by atoms with van der Waals surface area (Å²) >= 11 is 0. The molecule has 0 aromatic heterocycles. The molecule has 2 aliphatic heterocycles. The molecule has 3 heteroatoms. The molecule has 2 heterocycles. The summed E-state index contributed by atoms with van der Waals surface area (Å²) in [5.41, 5.74) is 9.36. The first-order valence-corrected chi connectivity index (χ1v) is 14.7. The molecule has 0 saturated carbocycles. The van der Waals surface area contributed by atoms with Crippen LogP contribution in [0, 0.1) is 19.8 Å². The highest BCUT2D eigenvalue weighted by Crippen LogP contribution is 2.26. The first-order chi connectivity index (χ1) is 18.5. The van der Waals surface area contributed by atoms with E-state index in [-0.39, 0.29) is 0 Å². The van der Waals surface area contributed by atoms with Gasteiger partial charge in [-0.1, -0.05) is 60.7 Å². The van der Waals surface area contributed by atoms with Crippen molar-refractivity contribution >= 4 is 5.78 Å². The number of carbonyl (C=O) groups is 1. The highest BCUT2D eigenvalue weighted by atomic mass is 16.1. The Labute approximate surface area is 229 Å². The van der Waals surface area contributed by atoms with E-state index in [9.17, 15) is 4.79 Å². The molecule has 200 valence electrons.